The zero-order valence-corrected chi connectivity index (χ0v) is 9.50. The monoisotopic (exact) mass is 196 g/mol. The quantitative estimate of drug-likeness (QED) is 0.610. The van der Waals surface area contributed by atoms with Crippen LogP contribution in [0.25, 0.3) is 0 Å². The van der Waals surface area contributed by atoms with E-state index >= 15 is 0 Å². The van der Waals surface area contributed by atoms with E-state index in [-0.39, 0.29) is 0 Å². The lowest BCUT2D eigenvalue weighted by atomic mass is 9.78. The average molecular weight is 196 g/mol. The van der Waals surface area contributed by atoms with Crippen molar-refractivity contribution in [2.24, 2.45) is 11.8 Å². The first kappa shape index (κ1) is 10.5. The van der Waals surface area contributed by atoms with E-state index in [9.17, 15) is 0 Å². The van der Waals surface area contributed by atoms with Crippen LogP contribution in [0.1, 0.15) is 58.3 Å². The van der Waals surface area contributed by atoms with E-state index in [0.717, 1.165) is 18.4 Å². The van der Waals surface area contributed by atoms with Gasteiger partial charge in [-0.2, -0.15) is 0 Å². The summed E-state index contributed by atoms with van der Waals surface area (Å²) in [5.41, 5.74) is 0. The molecule has 1 aliphatic heterocycles. The summed E-state index contributed by atoms with van der Waals surface area (Å²) >= 11 is 0. The average Bonchev–Trinajstić information content (AvgIpc) is 3.01. The highest BCUT2D eigenvalue weighted by Crippen LogP contribution is 2.35. The van der Waals surface area contributed by atoms with Gasteiger partial charge in [-0.1, -0.05) is 51.9 Å². The molecule has 1 nitrogen and oxygen atoms in total. The van der Waals surface area contributed by atoms with Gasteiger partial charge >= 0.3 is 0 Å². The Hall–Kier alpha value is -0.0400. The summed E-state index contributed by atoms with van der Waals surface area (Å²) in [5, 5.41) is 0. The second-order valence-corrected chi connectivity index (χ2v) is 5.22. The first-order chi connectivity index (χ1) is 6.88. The van der Waals surface area contributed by atoms with Crippen LogP contribution in [-0.4, -0.2) is 12.7 Å². The smallest absolute Gasteiger partial charge is 0.0812 e. The predicted octanol–water partition coefficient (Wildman–Crippen LogP) is 3.77. The lowest BCUT2D eigenvalue weighted by Crippen LogP contribution is -2.16. The highest BCUT2D eigenvalue weighted by molar-refractivity contribution is 4.79. The Morgan fingerprint density at radius 1 is 1.07 bits per heavy atom. The highest BCUT2D eigenvalue weighted by Gasteiger charge is 2.29. The number of unbranched alkanes of at least 4 members (excludes halogenated alkanes) is 1. The van der Waals surface area contributed by atoms with Gasteiger partial charge in [0.25, 0.3) is 0 Å². The molecule has 2 aliphatic rings. The summed E-state index contributed by atoms with van der Waals surface area (Å²) in [7, 11) is 0. The summed E-state index contributed by atoms with van der Waals surface area (Å²) in [5.74, 6) is 2.06. The predicted molar refractivity (Wildman–Crippen MR) is 59.3 cm³/mol. The van der Waals surface area contributed by atoms with Gasteiger partial charge in [-0.15, -0.1) is 0 Å². The molecule has 1 saturated carbocycles. The van der Waals surface area contributed by atoms with Crippen LogP contribution in [0.5, 0.6) is 0 Å². The van der Waals surface area contributed by atoms with Crippen molar-refractivity contribution in [3.8, 4) is 0 Å². The number of hydrogen-bond acceptors (Lipinski definition) is 1. The molecule has 0 amide bonds. The maximum atomic E-state index is 5.30. The van der Waals surface area contributed by atoms with Gasteiger partial charge in [0.15, 0.2) is 0 Å². The molecular formula is C13H24O. The third-order valence-corrected chi connectivity index (χ3v) is 3.93. The Balaban J connectivity index is 1.59. The zero-order chi connectivity index (χ0) is 9.80. The van der Waals surface area contributed by atoms with E-state index in [1.807, 2.05) is 0 Å². The lowest BCUT2D eigenvalue weighted by molar-refractivity contribution is 0.233. The number of epoxide rings is 1. The summed E-state index contributed by atoms with van der Waals surface area (Å²) in [6.45, 7) is 3.35. The Kier molecular flexibility index (Phi) is 3.86. The molecule has 1 unspecified atom stereocenters. The van der Waals surface area contributed by atoms with E-state index in [4.69, 9.17) is 4.74 Å². The van der Waals surface area contributed by atoms with Crippen LogP contribution in [0.4, 0.5) is 0 Å². The minimum absolute atomic E-state index is 0.659. The molecule has 1 heterocycles. The lowest BCUT2D eigenvalue weighted by Gasteiger charge is -2.28. The van der Waals surface area contributed by atoms with Crippen molar-refractivity contribution in [2.75, 3.05) is 6.61 Å². The maximum absolute atomic E-state index is 5.30. The van der Waals surface area contributed by atoms with Gasteiger partial charge in [0.1, 0.15) is 0 Å². The van der Waals surface area contributed by atoms with Crippen LogP contribution < -0.4 is 0 Å². The van der Waals surface area contributed by atoms with E-state index in [1.165, 1.54) is 51.4 Å². The first-order valence-corrected chi connectivity index (χ1v) is 6.50. The van der Waals surface area contributed by atoms with Crippen molar-refractivity contribution in [3.63, 3.8) is 0 Å². The summed E-state index contributed by atoms with van der Waals surface area (Å²) in [6, 6.07) is 0. The third-order valence-electron chi connectivity index (χ3n) is 3.93. The molecule has 82 valence electrons. The molecule has 1 heteroatoms. The Labute approximate surface area is 88.2 Å². The molecular weight excluding hydrogens is 172 g/mol. The van der Waals surface area contributed by atoms with Gasteiger partial charge in [0, 0.05) is 0 Å². The first-order valence-electron chi connectivity index (χ1n) is 6.50. The van der Waals surface area contributed by atoms with Crippen LogP contribution in [0, 0.1) is 11.8 Å². The molecule has 1 atom stereocenters. The number of ether oxygens (including phenoxy) is 1. The largest absolute Gasteiger partial charge is 0.373 e. The fourth-order valence-corrected chi connectivity index (χ4v) is 2.82. The Morgan fingerprint density at radius 3 is 2.29 bits per heavy atom. The van der Waals surface area contributed by atoms with Crippen LogP contribution in [0.15, 0.2) is 0 Å². The fourth-order valence-electron chi connectivity index (χ4n) is 2.82. The molecule has 0 N–H and O–H groups in total. The van der Waals surface area contributed by atoms with Gasteiger partial charge in [0.2, 0.25) is 0 Å². The minimum Gasteiger partial charge on any atom is -0.373 e. The molecule has 2 rings (SSSR count). The van der Waals surface area contributed by atoms with Crippen molar-refractivity contribution < 1.29 is 4.74 Å². The summed E-state index contributed by atoms with van der Waals surface area (Å²) in [6.07, 6.45) is 12.3. The third kappa shape index (κ3) is 3.27. The Bertz CT molecular complexity index is 155. The van der Waals surface area contributed by atoms with E-state index in [1.54, 1.807) is 0 Å². The van der Waals surface area contributed by atoms with Gasteiger partial charge < -0.3 is 4.74 Å². The number of rotatable bonds is 5. The second kappa shape index (κ2) is 5.16. The van der Waals surface area contributed by atoms with Crippen molar-refractivity contribution in [1.29, 1.82) is 0 Å². The molecule has 0 aromatic rings. The molecule has 2 fully saturated rings. The molecule has 0 aromatic carbocycles. The molecule has 14 heavy (non-hydrogen) atoms. The zero-order valence-electron chi connectivity index (χ0n) is 9.50. The topological polar surface area (TPSA) is 12.5 Å². The summed E-state index contributed by atoms with van der Waals surface area (Å²) < 4.78 is 5.30. The molecule has 0 spiro atoms. The normalized spacial score (nSPS) is 37.1. The van der Waals surface area contributed by atoms with Gasteiger partial charge in [0.05, 0.1) is 12.7 Å². The van der Waals surface area contributed by atoms with Crippen molar-refractivity contribution in [1.82, 2.24) is 0 Å². The summed E-state index contributed by atoms with van der Waals surface area (Å²) in [4.78, 5) is 0. The van der Waals surface area contributed by atoms with Crippen LogP contribution in [-0.2, 0) is 4.74 Å². The van der Waals surface area contributed by atoms with Crippen molar-refractivity contribution >= 4 is 0 Å². The van der Waals surface area contributed by atoms with Crippen LogP contribution in [0.3, 0.4) is 0 Å². The molecule has 0 aromatic heterocycles. The van der Waals surface area contributed by atoms with Gasteiger partial charge in [-0.25, -0.2) is 0 Å². The minimum atomic E-state index is 0.659. The molecule has 0 bridgehead atoms. The standard InChI is InChI=1S/C13H24O/c1-2-3-4-11-5-7-12(8-6-11)9-13-10-14-13/h11-13H,2-10H2,1H3. The van der Waals surface area contributed by atoms with E-state index < -0.39 is 0 Å². The molecule has 1 saturated heterocycles. The van der Waals surface area contributed by atoms with Crippen LogP contribution in [0.2, 0.25) is 0 Å². The van der Waals surface area contributed by atoms with Gasteiger partial charge in [-0.05, 0) is 18.3 Å². The van der Waals surface area contributed by atoms with Crippen molar-refractivity contribution in [3.05, 3.63) is 0 Å². The van der Waals surface area contributed by atoms with Crippen molar-refractivity contribution in [2.45, 2.75) is 64.4 Å². The Morgan fingerprint density at radius 2 is 1.71 bits per heavy atom. The van der Waals surface area contributed by atoms with E-state index in [2.05, 4.69) is 6.92 Å². The van der Waals surface area contributed by atoms with Crippen LogP contribution >= 0.6 is 0 Å². The highest BCUT2D eigenvalue weighted by atomic mass is 16.6. The SMILES string of the molecule is CCCCC1CCC(CC2CO2)CC1. The molecule has 0 radical (unpaired) electrons. The second-order valence-electron chi connectivity index (χ2n) is 5.22. The van der Waals surface area contributed by atoms with E-state index in [0.29, 0.717) is 6.10 Å². The maximum Gasteiger partial charge on any atom is 0.0812 e. The number of hydrogen-bond donors (Lipinski definition) is 0. The molecule has 1 aliphatic carbocycles. The van der Waals surface area contributed by atoms with Gasteiger partial charge in [-0.3, -0.25) is 0 Å². The fraction of sp³-hybridized carbons (Fsp3) is 1.00.